The van der Waals surface area contributed by atoms with Gasteiger partial charge in [-0.3, -0.25) is 19.4 Å². The molecule has 0 spiro atoms. The molecule has 2 heterocycles. The molecule has 0 bridgehead atoms. The van der Waals surface area contributed by atoms with Crippen molar-refractivity contribution in [2.45, 2.75) is 45.4 Å². The van der Waals surface area contributed by atoms with Crippen molar-refractivity contribution in [3.63, 3.8) is 0 Å². The maximum atomic E-state index is 13.5. The monoisotopic (exact) mass is 620 g/mol. The number of fused-ring (bicyclic) bond motifs is 1. The second-order valence-electron chi connectivity index (χ2n) is 11.4. The number of nitrogens with zero attached hydrogens (tertiary/aromatic N) is 3. The summed E-state index contributed by atoms with van der Waals surface area (Å²) in [5, 5.41) is 13.9. The molecule has 4 rings (SSSR count). The summed E-state index contributed by atoms with van der Waals surface area (Å²) in [7, 11) is 2.01. The van der Waals surface area contributed by atoms with E-state index < -0.39 is 0 Å². The SMILES string of the molecule is C[C@@H]1CN([C@H](C)CO)C(=O)Cc2cc(NC(=O)CCN3CCOCC3)ccc2O[C@H]1CN(C)Cc1ccc(Cl)c(Cl)c1. The third-order valence-corrected chi connectivity index (χ3v) is 8.63. The van der Waals surface area contributed by atoms with E-state index in [2.05, 4.69) is 22.0 Å². The van der Waals surface area contributed by atoms with E-state index in [1.165, 1.54) is 0 Å². The number of carbonyl (C=O) groups is 2. The lowest BCUT2D eigenvalue weighted by atomic mass is 10.0. The smallest absolute Gasteiger partial charge is 0.227 e. The Bertz CT molecular complexity index is 1230. The van der Waals surface area contributed by atoms with E-state index in [4.69, 9.17) is 32.7 Å². The molecule has 230 valence electrons. The Labute approximate surface area is 258 Å². The van der Waals surface area contributed by atoms with Crippen LogP contribution >= 0.6 is 23.2 Å². The van der Waals surface area contributed by atoms with Gasteiger partial charge in [-0.2, -0.15) is 0 Å². The van der Waals surface area contributed by atoms with Crippen LogP contribution in [-0.2, 0) is 27.3 Å². The molecule has 0 unspecified atom stereocenters. The molecule has 2 amide bonds. The quantitative estimate of drug-likeness (QED) is 0.415. The summed E-state index contributed by atoms with van der Waals surface area (Å²) in [6, 6.07) is 10.8. The Balaban J connectivity index is 1.50. The molecule has 0 saturated carbocycles. The minimum Gasteiger partial charge on any atom is -0.488 e. The van der Waals surface area contributed by atoms with Gasteiger partial charge in [0.15, 0.2) is 0 Å². The van der Waals surface area contributed by atoms with Gasteiger partial charge in [-0.1, -0.05) is 36.2 Å². The zero-order valence-corrected chi connectivity index (χ0v) is 26.2. The number of aliphatic hydroxyl groups excluding tert-OH is 1. The van der Waals surface area contributed by atoms with Gasteiger partial charge in [0.25, 0.3) is 0 Å². The van der Waals surface area contributed by atoms with E-state index in [0.29, 0.717) is 72.9 Å². The van der Waals surface area contributed by atoms with Crippen LogP contribution in [0.15, 0.2) is 36.4 Å². The number of rotatable bonds is 10. The molecule has 3 atom stereocenters. The predicted molar refractivity (Wildman–Crippen MR) is 165 cm³/mol. The molecule has 2 aliphatic heterocycles. The lowest BCUT2D eigenvalue weighted by Gasteiger charge is -2.34. The minimum absolute atomic E-state index is 0.0234. The zero-order chi connectivity index (χ0) is 30.2. The lowest BCUT2D eigenvalue weighted by Crippen LogP contribution is -2.47. The van der Waals surface area contributed by atoms with Gasteiger partial charge in [0.2, 0.25) is 11.8 Å². The first-order chi connectivity index (χ1) is 20.1. The van der Waals surface area contributed by atoms with Gasteiger partial charge < -0.3 is 24.8 Å². The minimum atomic E-state index is -0.334. The van der Waals surface area contributed by atoms with Crippen LogP contribution in [-0.4, -0.2) is 103 Å². The molecule has 0 aromatic heterocycles. The number of benzene rings is 2. The first-order valence-electron chi connectivity index (χ1n) is 14.5. The summed E-state index contributed by atoms with van der Waals surface area (Å²) < 4.78 is 12.0. The topological polar surface area (TPSA) is 94.6 Å². The number of ether oxygens (including phenoxy) is 2. The third-order valence-electron chi connectivity index (χ3n) is 7.89. The Morgan fingerprint density at radius 2 is 1.93 bits per heavy atom. The number of anilines is 1. The van der Waals surface area contributed by atoms with E-state index in [9.17, 15) is 14.7 Å². The summed E-state index contributed by atoms with van der Waals surface area (Å²) in [5.41, 5.74) is 2.36. The maximum Gasteiger partial charge on any atom is 0.227 e. The Hall–Kier alpha value is -2.40. The first kappa shape index (κ1) is 32.5. The van der Waals surface area contributed by atoms with Crippen LogP contribution in [0.2, 0.25) is 10.0 Å². The average Bonchev–Trinajstić information content (AvgIpc) is 3.01. The standard InChI is InChI=1S/C31H42Cl2N4O5/c1-21-17-37(22(2)20-38)31(40)16-24-15-25(34-30(39)8-9-36-10-12-41-13-11-36)5-7-28(24)42-29(21)19-35(3)18-23-4-6-26(32)27(33)14-23/h4-7,14-15,21-22,29,38H,8-13,16-20H2,1-3H3,(H,34,39)/t21-,22-,29+/m1/s1. The van der Waals surface area contributed by atoms with Gasteiger partial charge in [0, 0.05) is 62.9 Å². The largest absolute Gasteiger partial charge is 0.488 e. The number of nitrogens with one attached hydrogen (secondary N) is 1. The van der Waals surface area contributed by atoms with Crippen molar-refractivity contribution in [1.29, 1.82) is 0 Å². The van der Waals surface area contributed by atoms with Crippen LogP contribution in [0.1, 0.15) is 31.4 Å². The highest BCUT2D eigenvalue weighted by molar-refractivity contribution is 6.42. The number of aliphatic hydroxyl groups is 1. The fraction of sp³-hybridized carbons (Fsp3) is 0.548. The second-order valence-corrected chi connectivity index (χ2v) is 12.2. The van der Waals surface area contributed by atoms with Crippen molar-refractivity contribution in [2.75, 3.05) is 64.9 Å². The van der Waals surface area contributed by atoms with Crippen molar-refractivity contribution < 1.29 is 24.2 Å². The summed E-state index contributed by atoms with van der Waals surface area (Å²) in [4.78, 5) is 32.3. The molecule has 0 aliphatic carbocycles. The Kier molecular flexibility index (Phi) is 11.9. The molecule has 42 heavy (non-hydrogen) atoms. The highest BCUT2D eigenvalue weighted by Crippen LogP contribution is 2.30. The van der Waals surface area contributed by atoms with Crippen molar-refractivity contribution in [2.24, 2.45) is 5.92 Å². The van der Waals surface area contributed by atoms with Gasteiger partial charge in [-0.05, 0) is 49.9 Å². The van der Waals surface area contributed by atoms with Crippen molar-refractivity contribution in [3.8, 4) is 5.75 Å². The molecular formula is C31H42Cl2N4O5. The van der Waals surface area contributed by atoms with E-state index >= 15 is 0 Å². The average molecular weight is 622 g/mol. The van der Waals surface area contributed by atoms with Crippen LogP contribution in [0, 0.1) is 5.92 Å². The van der Waals surface area contributed by atoms with E-state index in [1.807, 2.05) is 44.3 Å². The molecule has 2 aliphatic rings. The van der Waals surface area contributed by atoms with Gasteiger partial charge in [-0.25, -0.2) is 0 Å². The highest BCUT2D eigenvalue weighted by Gasteiger charge is 2.31. The number of hydrogen-bond acceptors (Lipinski definition) is 7. The fourth-order valence-corrected chi connectivity index (χ4v) is 5.68. The molecule has 2 N–H and O–H groups in total. The number of hydrogen-bond donors (Lipinski definition) is 2. The van der Waals surface area contributed by atoms with Crippen LogP contribution in [0.3, 0.4) is 0 Å². The van der Waals surface area contributed by atoms with Crippen LogP contribution < -0.4 is 10.1 Å². The number of halogens is 2. The van der Waals surface area contributed by atoms with Crippen LogP contribution in [0.25, 0.3) is 0 Å². The van der Waals surface area contributed by atoms with E-state index in [-0.39, 0.29) is 42.9 Å². The Morgan fingerprint density at radius 1 is 1.17 bits per heavy atom. The van der Waals surface area contributed by atoms with Gasteiger partial charge in [0.05, 0.1) is 42.3 Å². The molecule has 1 saturated heterocycles. The molecule has 9 nitrogen and oxygen atoms in total. The highest BCUT2D eigenvalue weighted by atomic mass is 35.5. The molecule has 0 radical (unpaired) electrons. The van der Waals surface area contributed by atoms with Crippen molar-refractivity contribution in [1.82, 2.24) is 14.7 Å². The van der Waals surface area contributed by atoms with Gasteiger partial charge in [-0.15, -0.1) is 0 Å². The van der Waals surface area contributed by atoms with Gasteiger partial charge >= 0.3 is 0 Å². The summed E-state index contributed by atoms with van der Waals surface area (Å²) in [6.45, 7) is 9.18. The second kappa shape index (κ2) is 15.4. The maximum absolute atomic E-state index is 13.5. The normalized spacial score (nSPS) is 20.7. The molecule has 1 fully saturated rings. The first-order valence-corrected chi connectivity index (χ1v) is 15.3. The number of likely N-dealkylation sites (N-methyl/N-ethyl adjacent to an activating group) is 1. The summed E-state index contributed by atoms with van der Waals surface area (Å²) in [5.74, 6) is 0.425. The fourth-order valence-electron chi connectivity index (χ4n) is 5.35. The number of carbonyl (C=O) groups excluding carboxylic acids is 2. The van der Waals surface area contributed by atoms with Gasteiger partial charge in [0.1, 0.15) is 11.9 Å². The summed E-state index contributed by atoms with van der Waals surface area (Å²) in [6.07, 6.45) is 0.235. The number of amides is 2. The van der Waals surface area contributed by atoms with Crippen LogP contribution in [0.5, 0.6) is 5.75 Å². The number of morpholine rings is 1. The van der Waals surface area contributed by atoms with Crippen LogP contribution in [0.4, 0.5) is 5.69 Å². The lowest BCUT2D eigenvalue weighted by molar-refractivity contribution is -0.134. The van der Waals surface area contributed by atoms with E-state index in [1.54, 1.807) is 11.0 Å². The molecular weight excluding hydrogens is 579 g/mol. The summed E-state index contributed by atoms with van der Waals surface area (Å²) >= 11 is 12.3. The molecule has 11 heteroatoms. The third kappa shape index (κ3) is 9.05. The van der Waals surface area contributed by atoms with Crippen molar-refractivity contribution >= 4 is 40.7 Å². The Morgan fingerprint density at radius 3 is 2.64 bits per heavy atom. The zero-order valence-electron chi connectivity index (χ0n) is 24.7. The molecule has 2 aromatic rings. The molecule has 2 aromatic carbocycles. The predicted octanol–water partition coefficient (Wildman–Crippen LogP) is 3.94. The van der Waals surface area contributed by atoms with Crippen molar-refractivity contribution in [3.05, 3.63) is 57.6 Å². The van der Waals surface area contributed by atoms with E-state index in [0.717, 1.165) is 18.7 Å².